The van der Waals surface area contributed by atoms with Crippen molar-refractivity contribution >= 4 is 22.9 Å². The Morgan fingerprint density at radius 1 is 1.61 bits per heavy atom. The maximum absolute atomic E-state index is 13.8. The fourth-order valence-electron chi connectivity index (χ4n) is 2.44. The van der Waals surface area contributed by atoms with Gasteiger partial charge in [0.05, 0.1) is 12.2 Å². The number of nitrogens with two attached hydrogens (primary N) is 1. The molecular weight excluding hydrogens is 251 g/mol. The Bertz CT molecular complexity index is 453. The van der Waals surface area contributed by atoms with E-state index in [9.17, 15) is 4.39 Å². The number of anilines is 1. The number of ether oxygens (including phenoxy) is 1. The van der Waals surface area contributed by atoms with Gasteiger partial charge in [-0.15, -0.1) is 0 Å². The average molecular weight is 268 g/mol. The van der Waals surface area contributed by atoms with Gasteiger partial charge in [-0.1, -0.05) is 18.3 Å². The zero-order valence-electron chi connectivity index (χ0n) is 10.4. The van der Waals surface area contributed by atoms with Crippen LogP contribution in [0, 0.1) is 11.7 Å². The highest BCUT2D eigenvalue weighted by atomic mass is 32.1. The summed E-state index contributed by atoms with van der Waals surface area (Å²) in [4.78, 5) is 2.24. The number of benzene rings is 1. The van der Waals surface area contributed by atoms with Crippen LogP contribution in [0.5, 0.6) is 0 Å². The van der Waals surface area contributed by atoms with Crippen molar-refractivity contribution < 1.29 is 9.13 Å². The summed E-state index contributed by atoms with van der Waals surface area (Å²) in [5.41, 5.74) is 6.76. The first-order chi connectivity index (χ1) is 8.63. The Balaban J connectivity index is 2.24. The molecule has 1 aliphatic heterocycles. The molecule has 98 valence electrons. The molecule has 0 aliphatic carbocycles. The minimum atomic E-state index is -0.352. The highest BCUT2D eigenvalue weighted by molar-refractivity contribution is 7.80. The van der Waals surface area contributed by atoms with E-state index in [0.717, 1.165) is 31.8 Å². The minimum absolute atomic E-state index is 0.110. The van der Waals surface area contributed by atoms with Crippen LogP contribution >= 0.6 is 12.2 Å². The molecule has 5 heteroatoms. The van der Waals surface area contributed by atoms with E-state index in [0.29, 0.717) is 11.5 Å². The van der Waals surface area contributed by atoms with Crippen LogP contribution in [0.2, 0.25) is 0 Å². The summed E-state index contributed by atoms with van der Waals surface area (Å²) >= 11 is 4.94. The Hall–Kier alpha value is -1.20. The van der Waals surface area contributed by atoms with Crippen LogP contribution < -0.4 is 10.6 Å². The van der Waals surface area contributed by atoms with Crippen LogP contribution in [0.25, 0.3) is 0 Å². The molecule has 1 heterocycles. The van der Waals surface area contributed by atoms with Gasteiger partial charge in [0.1, 0.15) is 10.8 Å². The molecule has 18 heavy (non-hydrogen) atoms. The summed E-state index contributed by atoms with van der Waals surface area (Å²) in [5.74, 6) is 0.132. The van der Waals surface area contributed by atoms with Crippen LogP contribution in [0.15, 0.2) is 18.2 Å². The highest BCUT2D eigenvalue weighted by Crippen LogP contribution is 2.28. The lowest BCUT2D eigenvalue weighted by atomic mass is 10.1. The zero-order chi connectivity index (χ0) is 13.1. The second kappa shape index (κ2) is 5.63. The van der Waals surface area contributed by atoms with Gasteiger partial charge in [0, 0.05) is 31.8 Å². The SMILES string of the molecule is COCC1CCN(c2cccc(F)c2C(N)=S)C1. The van der Waals surface area contributed by atoms with Gasteiger partial charge in [0.2, 0.25) is 0 Å². The van der Waals surface area contributed by atoms with Gasteiger partial charge in [-0.05, 0) is 18.6 Å². The van der Waals surface area contributed by atoms with Crippen LogP contribution in [0.4, 0.5) is 10.1 Å². The molecule has 0 spiro atoms. The first-order valence-corrected chi connectivity index (χ1v) is 6.36. The van der Waals surface area contributed by atoms with Crippen molar-refractivity contribution in [2.24, 2.45) is 11.7 Å². The summed E-state index contributed by atoms with van der Waals surface area (Å²) in [6, 6.07) is 4.95. The van der Waals surface area contributed by atoms with Gasteiger partial charge in [-0.25, -0.2) is 4.39 Å². The lowest BCUT2D eigenvalue weighted by molar-refractivity contribution is 0.161. The lowest BCUT2D eigenvalue weighted by Gasteiger charge is -2.22. The van der Waals surface area contributed by atoms with Crippen molar-refractivity contribution in [2.75, 3.05) is 31.7 Å². The molecule has 1 unspecified atom stereocenters. The molecule has 0 amide bonds. The summed E-state index contributed by atoms with van der Waals surface area (Å²) in [7, 11) is 1.70. The van der Waals surface area contributed by atoms with Crippen LogP contribution in [0.3, 0.4) is 0 Å². The van der Waals surface area contributed by atoms with E-state index in [1.165, 1.54) is 6.07 Å². The fourth-order valence-corrected chi connectivity index (χ4v) is 2.65. The minimum Gasteiger partial charge on any atom is -0.389 e. The topological polar surface area (TPSA) is 38.5 Å². The quantitative estimate of drug-likeness (QED) is 0.847. The Kier molecular flexibility index (Phi) is 4.14. The van der Waals surface area contributed by atoms with Gasteiger partial charge in [-0.2, -0.15) is 0 Å². The standard InChI is InChI=1S/C13H17FN2OS/c1-17-8-9-5-6-16(7-9)11-4-2-3-10(14)12(11)13(15)18/h2-4,9H,5-8H2,1H3,(H2,15,18). The second-order valence-electron chi connectivity index (χ2n) is 4.55. The predicted octanol–water partition coefficient (Wildman–Crippen LogP) is 1.93. The fraction of sp³-hybridized carbons (Fsp3) is 0.462. The molecule has 1 aliphatic rings. The van der Waals surface area contributed by atoms with E-state index in [4.69, 9.17) is 22.7 Å². The van der Waals surface area contributed by atoms with E-state index in [2.05, 4.69) is 4.90 Å². The van der Waals surface area contributed by atoms with Gasteiger partial charge in [0.25, 0.3) is 0 Å². The average Bonchev–Trinajstić information content (AvgIpc) is 2.77. The molecule has 0 saturated carbocycles. The first-order valence-electron chi connectivity index (χ1n) is 5.95. The maximum atomic E-state index is 13.8. The molecule has 1 aromatic carbocycles. The first kappa shape index (κ1) is 13.2. The summed E-state index contributed by atoms with van der Waals surface area (Å²) < 4.78 is 18.9. The molecule has 0 bridgehead atoms. The largest absolute Gasteiger partial charge is 0.389 e. The summed E-state index contributed by atoms with van der Waals surface area (Å²) in [5, 5.41) is 0. The van der Waals surface area contributed by atoms with Crippen molar-refractivity contribution in [3.63, 3.8) is 0 Å². The number of hydrogen-bond acceptors (Lipinski definition) is 3. The third-order valence-electron chi connectivity index (χ3n) is 3.27. The van der Waals surface area contributed by atoms with Crippen LogP contribution in [0.1, 0.15) is 12.0 Å². The van der Waals surface area contributed by atoms with Gasteiger partial charge in [-0.3, -0.25) is 0 Å². The predicted molar refractivity (Wildman–Crippen MR) is 74.5 cm³/mol. The van der Waals surface area contributed by atoms with E-state index < -0.39 is 0 Å². The third-order valence-corrected chi connectivity index (χ3v) is 3.47. The van der Waals surface area contributed by atoms with Gasteiger partial charge in [0.15, 0.2) is 0 Å². The van der Waals surface area contributed by atoms with E-state index in [1.54, 1.807) is 13.2 Å². The molecule has 1 atom stereocenters. The van der Waals surface area contributed by atoms with Crippen molar-refractivity contribution in [1.29, 1.82) is 0 Å². The zero-order valence-corrected chi connectivity index (χ0v) is 11.2. The number of thiocarbonyl (C=S) groups is 1. The molecular formula is C13H17FN2OS. The highest BCUT2D eigenvalue weighted by Gasteiger charge is 2.25. The Morgan fingerprint density at radius 2 is 2.39 bits per heavy atom. The smallest absolute Gasteiger partial charge is 0.135 e. The molecule has 1 aromatic rings. The third kappa shape index (κ3) is 2.62. The lowest BCUT2D eigenvalue weighted by Crippen LogP contribution is -2.25. The van der Waals surface area contributed by atoms with Crippen LogP contribution in [-0.4, -0.2) is 31.8 Å². The molecule has 1 saturated heterocycles. The van der Waals surface area contributed by atoms with Gasteiger partial charge < -0.3 is 15.4 Å². The number of rotatable bonds is 4. The normalized spacial score (nSPS) is 19.2. The molecule has 1 fully saturated rings. The number of halogens is 1. The number of methoxy groups -OCH3 is 1. The van der Waals surface area contributed by atoms with Crippen molar-refractivity contribution in [2.45, 2.75) is 6.42 Å². The van der Waals surface area contributed by atoms with Crippen molar-refractivity contribution in [3.8, 4) is 0 Å². The van der Waals surface area contributed by atoms with Gasteiger partial charge >= 0.3 is 0 Å². The van der Waals surface area contributed by atoms with Crippen molar-refractivity contribution in [3.05, 3.63) is 29.6 Å². The molecule has 3 nitrogen and oxygen atoms in total. The molecule has 2 N–H and O–H groups in total. The number of hydrogen-bond donors (Lipinski definition) is 1. The molecule has 0 radical (unpaired) electrons. The monoisotopic (exact) mass is 268 g/mol. The molecule has 2 rings (SSSR count). The summed E-state index contributed by atoms with van der Waals surface area (Å²) in [6.45, 7) is 2.47. The summed E-state index contributed by atoms with van der Waals surface area (Å²) in [6.07, 6.45) is 1.04. The van der Waals surface area contributed by atoms with Crippen LogP contribution in [-0.2, 0) is 4.74 Å². The Morgan fingerprint density at radius 3 is 3.06 bits per heavy atom. The second-order valence-corrected chi connectivity index (χ2v) is 4.99. The Labute approximate surface area is 112 Å². The van der Waals surface area contributed by atoms with Crippen molar-refractivity contribution in [1.82, 2.24) is 0 Å². The van der Waals surface area contributed by atoms with E-state index in [-0.39, 0.29) is 10.8 Å². The van der Waals surface area contributed by atoms with E-state index in [1.807, 2.05) is 6.07 Å². The van der Waals surface area contributed by atoms with E-state index >= 15 is 0 Å². The maximum Gasteiger partial charge on any atom is 0.135 e. The molecule has 0 aromatic heterocycles. The number of nitrogens with zero attached hydrogens (tertiary/aromatic N) is 1.